The predicted molar refractivity (Wildman–Crippen MR) is 63.0 cm³/mol. The smallest absolute Gasteiger partial charge is 0.422 e. The molecule has 1 aliphatic heterocycles. The number of hydrazine groups is 1. The van der Waals surface area contributed by atoms with E-state index < -0.39 is 11.7 Å². The number of carbonyl (C=O) groups excluding carboxylic acids is 1. The molecule has 0 radical (unpaired) electrons. The van der Waals surface area contributed by atoms with Gasteiger partial charge in [0, 0.05) is 5.54 Å². The van der Waals surface area contributed by atoms with E-state index in [9.17, 15) is 4.79 Å². The Labute approximate surface area is 97.3 Å². The number of hydrogen-bond acceptors (Lipinski definition) is 4. The van der Waals surface area contributed by atoms with Crippen LogP contribution in [0.4, 0.5) is 4.79 Å². The summed E-state index contributed by atoms with van der Waals surface area (Å²) in [6, 6.07) is 0. The van der Waals surface area contributed by atoms with Crippen molar-refractivity contribution in [3.8, 4) is 0 Å². The van der Waals surface area contributed by atoms with Gasteiger partial charge in [-0.25, -0.2) is 10.2 Å². The molecule has 0 unspecified atom stereocenters. The molecule has 0 aliphatic carbocycles. The fraction of sp³-hybridized carbons (Fsp3) is 0.909. The van der Waals surface area contributed by atoms with Gasteiger partial charge in [0.2, 0.25) is 0 Å². The third-order valence-electron chi connectivity index (χ3n) is 2.57. The van der Waals surface area contributed by atoms with Crippen molar-refractivity contribution in [2.45, 2.75) is 51.7 Å². The molecular formula is C11H23N3O2. The van der Waals surface area contributed by atoms with Crippen LogP contribution >= 0.6 is 0 Å². The lowest BCUT2D eigenvalue weighted by molar-refractivity contribution is 0.0456. The van der Waals surface area contributed by atoms with Crippen LogP contribution in [0.2, 0.25) is 0 Å². The second-order valence-electron chi connectivity index (χ2n) is 5.56. The summed E-state index contributed by atoms with van der Waals surface area (Å²) < 4.78 is 5.15. The van der Waals surface area contributed by atoms with E-state index in [0.717, 1.165) is 25.9 Å². The van der Waals surface area contributed by atoms with Gasteiger partial charge in [0.1, 0.15) is 5.60 Å². The molecule has 1 heterocycles. The lowest BCUT2D eigenvalue weighted by Crippen LogP contribution is -2.57. The molecule has 16 heavy (non-hydrogen) atoms. The van der Waals surface area contributed by atoms with Crippen molar-refractivity contribution < 1.29 is 9.53 Å². The van der Waals surface area contributed by atoms with Gasteiger partial charge in [0.15, 0.2) is 0 Å². The quantitative estimate of drug-likeness (QED) is 0.622. The number of piperidine rings is 1. The summed E-state index contributed by atoms with van der Waals surface area (Å²) in [5.41, 5.74) is 5.17. The summed E-state index contributed by atoms with van der Waals surface area (Å²) in [6.45, 7) is 9.58. The van der Waals surface area contributed by atoms with Gasteiger partial charge in [0.05, 0.1) is 0 Å². The first-order valence-electron chi connectivity index (χ1n) is 5.78. The molecule has 1 aliphatic rings. The zero-order chi connectivity index (χ0) is 12.2. The Balaban J connectivity index is 2.30. The number of amides is 1. The minimum absolute atomic E-state index is 0.0395. The molecule has 1 amide bonds. The van der Waals surface area contributed by atoms with E-state index in [4.69, 9.17) is 4.74 Å². The normalized spacial score (nSPS) is 20.2. The maximum absolute atomic E-state index is 11.4. The number of ether oxygens (including phenoxy) is 1. The largest absolute Gasteiger partial charge is 0.443 e. The lowest BCUT2D eigenvalue weighted by Gasteiger charge is -2.35. The predicted octanol–water partition coefficient (Wildman–Crippen LogP) is 1.16. The summed E-state index contributed by atoms with van der Waals surface area (Å²) in [6.07, 6.45) is 1.55. The number of nitrogens with one attached hydrogen (secondary N) is 3. The van der Waals surface area contributed by atoms with E-state index in [2.05, 4.69) is 23.1 Å². The van der Waals surface area contributed by atoms with Crippen LogP contribution in [0.5, 0.6) is 0 Å². The molecule has 0 aromatic carbocycles. The molecular weight excluding hydrogens is 206 g/mol. The lowest BCUT2D eigenvalue weighted by atomic mass is 9.92. The summed E-state index contributed by atoms with van der Waals surface area (Å²) >= 11 is 0. The van der Waals surface area contributed by atoms with Crippen LogP contribution in [0.1, 0.15) is 40.5 Å². The van der Waals surface area contributed by atoms with Crippen LogP contribution in [0.3, 0.4) is 0 Å². The molecule has 0 spiro atoms. The highest BCUT2D eigenvalue weighted by Crippen LogP contribution is 2.16. The van der Waals surface area contributed by atoms with Crippen molar-refractivity contribution in [2.75, 3.05) is 13.1 Å². The topological polar surface area (TPSA) is 62.4 Å². The molecule has 5 heteroatoms. The van der Waals surface area contributed by atoms with Gasteiger partial charge in [-0.15, -0.1) is 0 Å². The van der Waals surface area contributed by atoms with Crippen LogP contribution in [0, 0.1) is 0 Å². The number of hydrogen-bond donors (Lipinski definition) is 3. The van der Waals surface area contributed by atoms with Crippen molar-refractivity contribution in [3.63, 3.8) is 0 Å². The first-order chi connectivity index (χ1) is 7.31. The molecule has 0 aromatic heterocycles. The van der Waals surface area contributed by atoms with Crippen LogP contribution < -0.4 is 16.2 Å². The Hall–Kier alpha value is -0.810. The van der Waals surface area contributed by atoms with E-state index in [0.29, 0.717) is 0 Å². The second-order valence-corrected chi connectivity index (χ2v) is 5.56. The van der Waals surface area contributed by atoms with Crippen molar-refractivity contribution in [1.29, 1.82) is 0 Å². The van der Waals surface area contributed by atoms with Crippen molar-refractivity contribution in [1.82, 2.24) is 16.2 Å². The molecule has 0 atom stereocenters. The van der Waals surface area contributed by atoms with E-state index >= 15 is 0 Å². The maximum atomic E-state index is 11.4. The summed E-state index contributed by atoms with van der Waals surface area (Å²) in [7, 11) is 0. The fourth-order valence-electron chi connectivity index (χ4n) is 1.61. The SMILES string of the molecule is CC1(NNC(=O)OC(C)(C)C)CCNCC1. The van der Waals surface area contributed by atoms with Gasteiger partial charge in [-0.3, -0.25) is 5.43 Å². The summed E-state index contributed by atoms with van der Waals surface area (Å²) in [5.74, 6) is 0. The van der Waals surface area contributed by atoms with E-state index in [1.807, 2.05) is 20.8 Å². The van der Waals surface area contributed by atoms with Crippen molar-refractivity contribution in [3.05, 3.63) is 0 Å². The minimum Gasteiger partial charge on any atom is -0.443 e. The molecule has 0 saturated carbocycles. The Bertz CT molecular complexity index is 242. The van der Waals surface area contributed by atoms with Crippen LogP contribution in [-0.4, -0.2) is 30.3 Å². The van der Waals surface area contributed by atoms with E-state index in [-0.39, 0.29) is 5.54 Å². The highest BCUT2D eigenvalue weighted by molar-refractivity contribution is 5.67. The van der Waals surface area contributed by atoms with Crippen molar-refractivity contribution >= 4 is 6.09 Å². The highest BCUT2D eigenvalue weighted by Gasteiger charge is 2.27. The first-order valence-corrected chi connectivity index (χ1v) is 5.78. The first kappa shape index (κ1) is 13.3. The van der Waals surface area contributed by atoms with E-state index in [1.54, 1.807) is 0 Å². The molecule has 3 N–H and O–H groups in total. The molecule has 1 fully saturated rings. The second kappa shape index (κ2) is 5.01. The fourth-order valence-corrected chi connectivity index (χ4v) is 1.61. The zero-order valence-electron chi connectivity index (χ0n) is 10.6. The number of rotatable bonds is 2. The van der Waals surface area contributed by atoms with Crippen LogP contribution in [0.25, 0.3) is 0 Å². The summed E-state index contributed by atoms with van der Waals surface area (Å²) in [5, 5.41) is 3.28. The average Bonchev–Trinajstić information content (AvgIpc) is 2.14. The third kappa shape index (κ3) is 4.81. The Morgan fingerprint density at radius 3 is 2.38 bits per heavy atom. The minimum atomic E-state index is -0.458. The Morgan fingerprint density at radius 1 is 1.31 bits per heavy atom. The summed E-state index contributed by atoms with van der Waals surface area (Å²) in [4.78, 5) is 11.4. The van der Waals surface area contributed by atoms with Gasteiger partial charge in [-0.05, 0) is 53.6 Å². The average molecular weight is 229 g/mol. The van der Waals surface area contributed by atoms with E-state index in [1.165, 1.54) is 0 Å². The number of carbonyl (C=O) groups is 1. The monoisotopic (exact) mass is 229 g/mol. The van der Waals surface area contributed by atoms with Gasteiger partial charge in [-0.2, -0.15) is 0 Å². The van der Waals surface area contributed by atoms with Crippen molar-refractivity contribution in [2.24, 2.45) is 0 Å². The maximum Gasteiger partial charge on any atom is 0.422 e. The molecule has 0 bridgehead atoms. The molecule has 0 aromatic rings. The zero-order valence-corrected chi connectivity index (χ0v) is 10.6. The van der Waals surface area contributed by atoms with Crippen LogP contribution in [-0.2, 0) is 4.74 Å². The van der Waals surface area contributed by atoms with Gasteiger partial charge < -0.3 is 10.1 Å². The molecule has 94 valence electrons. The Morgan fingerprint density at radius 2 is 1.88 bits per heavy atom. The molecule has 1 rings (SSSR count). The third-order valence-corrected chi connectivity index (χ3v) is 2.57. The molecule has 1 saturated heterocycles. The van der Waals surface area contributed by atoms with Gasteiger partial charge in [-0.1, -0.05) is 0 Å². The highest BCUT2D eigenvalue weighted by atomic mass is 16.6. The van der Waals surface area contributed by atoms with Gasteiger partial charge in [0.25, 0.3) is 0 Å². The standard InChI is InChI=1S/C11H23N3O2/c1-10(2,3)16-9(15)13-14-11(4)5-7-12-8-6-11/h12,14H,5-8H2,1-4H3,(H,13,15). The Kier molecular flexibility index (Phi) is 4.15. The van der Waals surface area contributed by atoms with Crippen LogP contribution in [0.15, 0.2) is 0 Å². The van der Waals surface area contributed by atoms with Gasteiger partial charge >= 0.3 is 6.09 Å². The molecule has 5 nitrogen and oxygen atoms in total.